The van der Waals surface area contributed by atoms with Crippen molar-refractivity contribution in [3.63, 3.8) is 0 Å². The van der Waals surface area contributed by atoms with Crippen molar-refractivity contribution in [2.75, 3.05) is 18.4 Å². The normalized spacial score (nSPS) is 18.7. The van der Waals surface area contributed by atoms with Crippen molar-refractivity contribution >= 4 is 16.9 Å². The van der Waals surface area contributed by atoms with Gasteiger partial charge in [0.15, 0.2) is 0 Å². The SMILES string of the molecule is C[C@@H](Nc1ncnc2c1cc(C1CCN(C3CCC3)CC1)c(=O)n2C)c1cccc(C(F)F)c1F. The molecule has 1 saturated carbocycles. The van der Waals surface area contributed by atoms with Crippen molar-refractivity contribution in [1.29, 1.82) is 0 Å². The third-order valence-corrected chi connectivity index (χ3v) is 7.71. The predicted molar refractivity (Wildman–Crippen MR) is 129 cm³/mol. The smallest absolute Gasteiger partial charge is 0.266 e. The highest BCUT2D eigenvalue weighted by Gasteiger charge is 2.30. The molecule has 2 fully saturated rings. The van der Waals surface area contributed by atoms with Crippen LogP contribution in [0.25, 0.3) is 11.0 Å². The summed E-state index contributed by atoms with van der Waals surface area (Å²) in [6.07, 6.45) is 4.15. The summed E-state index contributed by atoms with van der Waals surface area (Å²) in [6.45, 7) is 3.67. The molecule has 2 aromatic heterocycles. The molecule has 1 aliphatic carbocycles. The zero-order chi connectivity index (χ0) is 24.7. The number of piperidine rings is 1. The number of halogens is 3. The number of alkyl halides is 2. The van der Waals surface area contributed by atoms with Crippen LogP contribution < -0.4 is 10.9 Å². The van der Waals surface area contributed by atoms with Crippen LogP contribution in [0, 0.1) is 5.82 Å². The molecule has 3 aromatic rings. The molecule has 1 aliphatic heterocycles. The van der Waals surface area contributed by atoms with Gasteiger partial charge in [-0.15, -0.1) is 0 Å². The van der Waals surface area contributed by atoms with Gasteiger partial charge in [0.05, 0.1) is 17.0 Å². The van der Waals surface area contributed by atoms with Gasteiger partial charge in [-0.25, -0.2) is 23.1 Å². The van der Waals surface area contributed by atoms with Gasteiger partial charge in [-0.2, -0.15) is 0 Å². The minimum absolute atomic E-state index is 0.0621. The Morgan fingerprint density at radius 3 is 2.46 bits per heavy atom. The van der Waals surface area contributed by atoms with Crippen molar-refractivity contribution in [3.05, 3.63) is 63.5 Å². The van der Waals surface area contributed by atoms with E-state index in [9.17, 15) is 18.0 Å². The van der Waals surface area contributed by atoms with Crippen LogP contribution in [-0.2, 0) is 7.05 Å². The maximum Gasteiger partial charge on any atom is 0.266 e. The first-order valence-electron chi connectivity index (χ1n) is 12.3. The summed E-state index contributed by atoms with van der Waals surface area (Å²) in [7, 11) is 1.70. The molecule has 6 nitrogen and oxygen atoms in total. The topological polar surface area (TPSA) is 63.1 Å². The molecule has 9 heteroatoms. The van der Waals surface area contributed by atoms with Crippen LogP contribution in [-0.4, -0.2) is 38.6 Å². The van der Waals surface area contributed by atoms with E-state index in [0.29, 0.717) is 22.9 Å². The van der Waals surface area contributed by atoms with E-state index < -0.39 is 23.8 Å². The number of nitrogens with zero attached hydrogens (tertiary/aromatic N) is 4. The van der Waals surface area contributed by atoms with Crippen LogP contribution >= 0.6 is 0 Å². The maximum absolute atomic E-state index is 14.7. The minimum atomic E-state index is -2.89. The molecule has 1 saturated heterocycles. The average molecular weight is 486 g/mol. The third-order valence-electron chi connectivity index (χ3n) is 7.71. The molecule has 5 rings (SSSR count). The number of pyridine rings is 1. The van der Waals surface area contributed by atoms with Crippen LogP contribution in [0.4, 0.5) is 19.0 Å². The molecule has 0 amide bonds. The number of anilines is 1. The number of fused-ring (bicyclic) bond motifs is 1. The maximum atomic E-state index is 14.7. The monoisotopic (exact) mass is 485 g/mol. The molecular formula is C26H30F3N5O. The van der Waals surface area contributed by atoms with Crippen LogP contribution in [0.5, 0.6) is 0 Å². The lowest BCUT2D eigenvalue weighted by Gasteiger charge is -2.41. The zero-order valence-electron chi connectivity index (χ0n) is 20.0. The zero-order valence-corrected chi connectivity index (χ0v) is 20.0. The van der Waals surface area contributed by atoms with Gasteiger partial charge < -0.3 is 10.2 Å². The van der Waals surface area contributed by atoms with Crippen LogP contribution in [0.2, 0.25) is 0 Å². The Labute approximate surface area is 202 Å². The Morgan fingerprint density at radius 1 is 1.09 bits per heavy atom. The Kier molecular flexibility index (Phi) is 6.53. The van der Waals surface area contributed by atoms with Crippen molar-refractivity contribution in [2.24, 2.45) is 7.05 Å². The summed E-state index contributed by atoms with van der Waals surface area (Å²) in [4.78, 5) is 24.4. The standard InChI is InChI=1S/C26H30F3N5O/c1-15(18-7-4-8-19(22(18)27)23(28)29)32-24-21-13-20(26(35)33(2)25(21)31-14-30-24)16-9-11-34(12-10-16)17-5-3-6-17/h4,7-8,13-17,23H,3,5-6,9-12H2,1-2H3,(H,30,31,32)/t15-/m1/s1. The van der Waals surface area contributed by atoms with Gasteiger partial charge in [0.1, 0.15) is 23.6 Å². The first-order chi connectivity index (χ1) is 16.8. The predicted octanol–water partition coefficient (Wildman–Crippen LogP) is 5.31. The highest BCUT2D eigenvalue weighted by Crippen LogP contribution is 2.34. The Balaban J connectivity index is 1.45. The van der Waals surface area contributed by atoms with Crippen LogP contribution in [0.1, 0.15) is 74.1 Å². The molecule has 2 aliphatic rings. The summed E-state index contributed by atoms with van der Waals surface area (Å²) in [5.41, 5.74) is 0.652. The van der Waals surface area contributed by atoms with E-state index in [1.54, 1.807) is 18.5 Å². The summed E-state index contributed by atoms with van der Waals surface area (Å²) in [6, 6.07) is 5.94. The fraction of sp³-hybridized carbons (Fsp3) is 0.500. The molecule has 0 bridgehead atoms. The number of likely N-dealkylation sites (tertiary alicyclic amines) is 1. The lowest BCUT2D eigenvalue weighted by atomic mass is 9.85. The Bertz CT molecular complexity index is 1280. The third kappa shape index (κ3) is 4.42. The lowest BCUT2D eigenvalue weighted by Crippen LogP contribution is -2.45. The van der Waals surface area contributed by atoms with Crippen molar-refractivity contribution < 1.29 is 13.2 Å². The van der Waals surface area contributed by atoms with Gasteiger partial charge in [0.2, 0.25) is 0 Å². The number of benzene rings is 1. The van der Waals surface area contributed by atoms with E-state index in [0.717, 1.165) is 37.6 Å². The fourth-order valence-electron chi connectivity index (χ4n) is 5.38. The number of hydrogen-bond donors (Lipinski definition) is 1. The van der Waals surface area contributed by atoms with Crippen molar-refractivity contribution in [3.8, 4) is 0 Å². The average Bonchev–Trinajstić information content (AvgIpc) is 2.81. The highest BCUT2D eigenvalue weighted by atomic mass is 19.3. The van der Waals surface area contributed by atoms with Crippen molar-refractivity contribution in [2.45, 2.75) is 63.5 Å². The number of aromatic nitrogens is 3. The van der Waals surface area contributed by atoms with Gasteiger partial charge in [0.25, 0.3) is 12.0 Å². The molecule has 0 unspecified atom stereocenters. The molecule has 1 atom stereocenters. The Morgan fingerprint density at radius 2 is 1.80 bits per heavy atom. The van der Waals surface area contributed by atoms with Gasteiger partial charge in [0, 0.05) is 24.2 Å². The molecule has 186 valence electrons. The molecule has 1 aromatic carbocycles. The second kappa shape index (κ2) is 9.60. The molecule has 0 radical (unpaired) electrons. The largest absolute Gasteiger partial charge is 0.363 e. The van der Waals surface area contributed by atoms with E-state index in [2.05, 4.69) is 20.2 Å². The number of rotatable bonds is 6. The van der Waals surface area contributed by atoms with E-state index in [4.69, 9.17) is 0 Å². The van der Waals surface area contributed by atoms with E-state index >= 15 is 0 Å². The number of nitrogens with one attached hydrogen (secondary N) is 1. The Hall–Kier alpha value is -2.94. The van der Waals surface area contributed by atoms with Gasteiger partial charge in [-0.05, 0) is 57.7 Å². The second-order valence-electron chi connectivity index (χ2n) is 9.74. The van der Waals surface area contributed by atoms with Crippen molar-refractivity contribution in [1.82, 2.24) is 19.4 Å². The van der Waals surface area contributed by atoms with Gasteiger partial charge in [-0.1, -0.05) is 24.6 Å². The highest BCUT2D eigenvalue weighted by molar-refractivity contribution is 5.87. The molecule has 3 heterocycles. The summed E-state index contributed by atoms with van der Waals surface area (Å²) in [5.74, 6) is -0.333. The number of aryl methyl sites for hydroxylation is 1. The van der Waals surface area contributed by atoms with E-state index in [1.165, 1.54) is 37.7 Å². The van der Waals surface area contributed by atoms with Crippen LogP contribution in [0.15, 0.2) is 35.4 Å². The molecular weight excluding hydrogens is 455 g/mol. The first kappa shape index (κ1) is 23.8. The fourth-order valence-corrected chi connectivity index (χ4v) is 5.38. The van der Waals surface area contributed by atoms with Gasteiger partial charge >= 0.3 is 0 Å². The quantitative estimate of drug-likeness (QED) is 0.513. The van der Waals surface area contributed by atoms with Gasteiger partial charge in [-0.3, -0.25) is 9.36 Å². The molecule has 35 heavy (non-hydrogen) atoms. The first-order valence-corrected chi connectivity index (χ1v) is 12.3. The summed E-state index contributed by atoms with van der Waals surface area (Å²) in [5, 5.41) is 3.82. The summed E-state index contributed by atoms with van der Waals surface area (Å²) >= 11 is 0. The van der Waals surface area contributed by atoms with E-state index in [-0.39, 0.29) is 17.0 Å². The number of hydrogen-bond acceptors (Lipinski definition) is 5. The lowest BCUT2D eigenvalue weighted by molar-refractivity contribution is 0.0973. The second-order valence-corrected chi connectivity index (χ2v) is 9.74. The van der Waals surface area contributed by atoms with E-state index in [1.807, 2.05) is 6.07 Å². The summed E-state index contributed by atoms with van der Waals surface area (Å²) < 4.78 is 42.6. The molecule has 0 spiro atoms. The minimum Gasteiger partial charge on any atom is -0.363 e. The van der Waals surface area contributed by atoms with Crippen LogP contribution in [0.3, 0.4) is 0 Å². The molecule has 1 N–H and O–H groups in total.